The Kier molecular flexibility index (Phi) is 11.8. The first-order chi connectivity index (χ1) is 21.1. The molecule has 0 aliphatic heterocycles. The third-order valence-corrected chi connectivity index (χ3v) is 9.17. The van der Waals surface area contributed by atoms with Crippen LogP contribution in [0, 0.1) is 5.82 Å². The number of carbonyl (C=O) groups is 2. The predicted octanol–water partition coefficient (Wildman–Crippen LogP) is 5.47. The Bertz CT molecular complexity index is 1480. The number of hydrogen-bond acceptors (Lipinski definition) is 5. The van der Waals surface area contributed by atoms with Gasteiger partial charge < -0.3 is 15.0 Å². The summed E-state index contributed by atoms with van der Waals surface area (Å²) < 4.78 is 45.3. The largest absolute Gasteiger partial charge is 0.497 e. The Morgan fingerprint density at radius 1 is 0.955 bits per heavy atom. The Morgan fingerprint density at radius 2 is 1.64 bits per heavy atom. The number of amides is 2. The normalized spacial score (nSPS) is 14.4. The van der Waals surface area contributed by atoms with Crippen LogP contribution in [0.4, 0.5) is 10.1 Å². The fourth-order valence-corrected chi connectivity index (χ4v) is 6.64. The molecule has 0 unspecified atom stereocenters. The summed E-state index contributed by atoms with van der Waals surface area (Å²) in [7, 11) is -2.11. The van der Waals surface area contributed by atoms with Crippen LogP contribution in [0.3, 0.4) is 0 Å². The van der Waals surface area contributed by atoms with Crippen LogP contribution in [0.1, 0.15) is 56.1 Å². The van der Waals surface area contributed by atoms with Crippen molar-refractivity contribution in [3.63, 3.8) is 0 Å². The van der Waals surface area contributed by atoms with Gasteiger partial charge >= 0.3 is 0 Å². The maximum atomic E-state index is 14.0. The van der Waals surface area contributed by atoms with E-state index >= 15 is 0 Å². The van der Waals surface area contributed by atoms with Crippen molar-refractivity contribution in [2.75, 3.05) is 24.2 Å². The molecule has 2 amide bonds. The van der Waals surface area contributed by atoms with Crippen LogP contribution >= 0.6 is 0 Å². The minimum atomic E-state index is -3.68. The molecule has 1 atom stereocenters. The molecular weight excluding hydrogens is 581 g/mol. The molecule has 8 nitrogen and oxygen atoms in total. The molecule has 0 saturated heterocycles. The SMILES string of the molecule is COc1cccc(CN(C(=O)CCCN(c2ccc(F)cc2)S(C)(=O)=O)[C@@H](Cc2ccccc2)C(=O)NC2CCCCC2)c1. The summed E-state index contributed by atoms with van der Waals surface area (Å²) >= 11 is 0. The molecule has 1 saturated carbocycles. The third kappa shape index (κ3) is 9.54. The van der Waals surface area contributed by atoms with Crippen molar-refractivity contribution in [2.24, 2.45) is 0 Å². The second-order valence-electron chi connectivity index (χ2n) is 11.3. The van der Waals surface area contributed by atoms with Crippen molar-refractivity contribution >= 4 is 27.5 Å². The Balaban J connectivity index is 1.60. The highest BCUT2D eigenvalue weighted by molar-refractivity contribution is 7.92. The van der Waals surface area contributed by atoms with Crippen LogP contribution in [-0.2, 0) is 32.6 Å². The highest BCUT2D eigenvalue weighted by Gasteiger charge is 2.32. The van der Waals surface area contributed by atoms with Crippen LogP contribution < -0.4 is 14.4 Å². The van der Waals surface area contributed by atoms with E-state index in [9.17, 15) is 22.4 Å². The van der Waals surface area contributed by atoms with Gasteiger partial charge in [-0.1, -0.05) is 61.7 Å². The summed E-state index contributed by atoms with van der Waals surface area (Å²) in [5.74, 6) is -0.285. The zero-order chi connectivity index (χ0) is 31.5. The second-order valence-corrected chi connectivity index (χ2v) is 13.2. The number of carbonyl (C=O) groups excluding carboxylic acids is 2. The lowest BCUT2D eigenvalue weighted by molar-refractivity contribution is -0.141. The van der Waals surface area contributed by atoms with E-state index in [0.717, 1.165) is 49.5 Å². The Morgan fingerprint density at radius 3 is 2.30 bits per heavy atom. The van der Waals surface area contributed by atoms with Crippen LogP contribution in [0.25, 0.3) is 0 Å². The maximum absolute atomic E-state index is 14.0. The number of methoxy groups -OCH3 is 1. The number of ether oxygens (including phenoxy) is 1. The monoisotopic (exact) mass is 623 g/mol. The van der Waals surface area contributed by atoms with Gasteiger partial charge in [-0.25, -0.2) is 12.8 Å². The summed E-state index contributed by atoms with van der Waals surface area (Å²) in [5.41, 5.74) is 2.06. The van der Waals surface area contributed by atoms with Gasteiger partial charge in [0.15, 0.2) is 0 Å². The number of nitrogens with one attached hydrogen (secondary N) is 1. The van der Waals surface area contributed by atoms with Crippen LogP contribution in [0.15, 0.2) is 78.9 Å². The third-order valence-electron chi connectivity index (χ3n) is 7.98. The summed E-state index contributed by atoms with van der Waals surface area (Å²) in [6.07, 6.45) is 6.74. The van der Waals surface area contributed by atoms with Crippen molar-refractivity contribution in [3.05, 3.63) is 95.8 Å². The van der Waals surface area contributed by atoms with Crippen LogP contribution in [-0.4, -0.2) is 57.1 Å². The summed E-state index contributed by atoms with van der Waals surface area (Å²) in [6, 6.07) is 21.5. The minimum absolute atomic E-state index is 0.0131. The lowest BCUT2D eigenvalue weighted by Crippen LogP contribution is -2.52. The van der Waals surface area contributed by atoms with E-state index in [1.54, 1.807) is 12.0 Å². The van der Waals surface area contributed by atoms with Crippen LogP contribution in [0.5, 0.6) is 5.75 Å². The van der Waals surface area contributed by atoms with Gasteiger partial charge in [-0.3, -0.25) is 13.9 Å². The smallest absolute Gasteiger partial charge is 0.243 e. The topological polar surface area (TPSA) is 96.0 Å². The number of benzene rings is 3. The van der Waals surface area contributed by atoms with Crippen molar-refractivity contribution in [1.82, 2.24) is 10.2 Å². The van der Waals surface area contributed by atoms with E-state index in [1.807, 2.05) is 54.6 Å². The molecule has 236 valence electrons. The fourth-order valence-electron chi connectivity index (χ4n) is 5.68. The van der Waals surface area contributed by atoms with E-state index in [1.165, 1.54) is 28.6 Å². The van der Waals surface area contributed by atoms with Gasteiger partial charge in [0.1, 0.15) is 17.6 Å². The molecule has 44 heavy (non-hydrogen) atoms. The number of rotatable bonds is 14. The quantitative estimate of drug-likeness (QED) is 0.257. The molecule has 1 aliphatic rings. The molecule has 0 heterocycles. The Labute approximate surface area is 260 Å². The molecule has 4 rings (SSSR count). The lowest BCUT2D eigenvalue weighted by Gasteiger charge is -2.34. The van der Waals surface area contributed by atoms with Gasteiger partial charge in [0, 0.05) is 32.0 Å². The second kappa shape index (κ2) is 15.7. The molecule has 1 fully saturated rings. The van der Waals surface area contributed by atoms with Gasteiger partial charge in [0.2, 0.25) is 21.8 Å². The summed E-state index contributed by atoms with van der Waals surface area (Å²) in [6.45, 7) is 0.209. The van der Waals surface area contributed by atoms with E-state index in [-0.39, 0.29) is 43.8 Å². The molecule has 0 radical (unpaired) electrons. The molecule has 1 aliphatic carbocycles. The average Bonchev–Trinajstić information content (AvgIpc) is 3.02. The van der Waals surface area contributed by atoms with Crippen molar-refractivity contribution in [2.45, 2.75) is 70.0 Å². The minimum Gasteiger partial charge on any atom is -0.497 e. The number of anilines is 1. The standard InChI is InChI=1S/C34H42FN3O5S/c1-43-31-16-9-13-27(23-31)25-37(33(39)17-10-22-38(44(2,41)42)30-20-18-28(35)19-21-30)32(24-26-11-5-3-6-12-26)34(40)36-29-14-7-4-8-15-29/h3,5-6,9,11-13,16,18-21,23,29,32H,4,7-8,10,14-15,17,22,24-25H2,1-2H3,(H,36,40)/t32-/m0/s1. The van der Waals surface area contributed by atoms with E-state index < -0.39 is 21.9 Å². The van der Waals surface area contributed by atoms with Gasteiger partial charge in [-0.05, 0) is 66.8 Å². The molecule has 10 heteroatoms. The summed E-state index contributed by atoms with van der Waals surface area (Å²) in [5, 5.41) is 3.23. The number of nitrogens with zero attached hydrogens (tertiary/aromatic N) is 2. The lowest BCUT2D eigenvalue weighted by atomic mass is 9.94. The van der Waals surface area contributed by atoms with Gasteiger partial charge in [-0.15, -0.1) is 0 Å². The average molecular weight is 624 g/mol. The fraction of sp³-hybridized carbons (Fsp3) is 0.412. The first kappa shape index (κ1) is 33.0. The van der Waals surface area contributed by atoms with Gasteiger partial charge in [-0.2, -0.15) is 0 Å². The van der Waals surface area contributed by atoms with E-state index in [0.29, 0.717) is 17.9 Å². The molecule has 0 bridgehead atoms. The number of halogens is 1. The van der Waals surface area contributed by atoms with Crippen molar-refractivity contribution in [3.8, 4) is 5.75 Å². The molecule has 1 N–H and O–H groups in total. The first-order valence-electron chi connectivity index (χ1n) is 15.1. The van der Waals surface area contributed by atoms with Crippen molar-refractivity contribution < 1.29 is 27.1 Å². The zero-order valence-corrected chi connectivity index (χ0v) is 26.3. The summed E-state index contributed by atoms with van der Waals surface area (Å²) in [4.78, 5) is 29.6. The number of sulfonamides is 1. The highest BCUT2D eigenvalue weighted by Crippen LogP contribution is 2.23. The molecule has 3 aromatic rings. The van der Waals surface area contributed by atoms with Crippen LogP contribution in [0.2, 0.25) is 0 Å². The molecule has 0 aromatic heterocycles. The number of hydrogen-bond donors (Lipinski definition) is 1. The van der Waals surface area contributed by atoms with Gasteiger partial charge in [0.25, 0.3) is 0 Å². The van der Waals surface area contributed by atoms with Gasteiger partial charge in [0.05, 0.1) is 19.1 Å². The van der Waals surface area contributed by atoms with E-state index in [2.05, 4.69) is 5.32 Å². The zero-order valence-electron chi connectivity index (χ0n) is 25.5. The molecule has 3 aromatic carbocycles. The molecule has 0 spiro atoms. The Hall–Kier alpha value is -3.92. The predicted molar refractivity (Wildman–Crippen MR) is 170 cm³/mol. The first-order valence-corrected chi connectivity index (χ1v) is 17.0. The van der Waals surface area contributed by atoms with E-state index in [4.69, 9.17) is 4.74 Å². The molecular formula is C34H42FN3O5S. The highest BCUT2D eigenvalue weighted by atomic mass is 32.2. The maximum Gasteiger partial charge on any atom is 0.243 e. The van der Waals surface area contributed by atoms with Crippen molar-refractivity contribution in [1.29, 1.82) is 0 Å².